The smallest absolute Gasteiger partial charge is 0.257 e. The quantitative estimate of drug-likeness (QED) is 0.829. The largest absolute Gasteiger partial charge is 0.398 e. The van der Waals surface area contributed by atoms with Gasteiger partial charge in [-0.3, -0.25) is 4.79 Å². The summed E-state index contributed by atoms with van der Waals surface area (Å²) in [6, 6.07) is 6.96. The van der Waals surface area contributed by atoms with E-state index in [1.165, 1.54) is 18.2 Å². The average Bonchev–Trinajstić information content (AvgIpc) is 2.33. The van der Waals surface area contributed by atoms with Gasteiger partial charge < -0.3 is 11.1 Å². The molecule has 2 aromatic carbocycles. The van der Waals surface area contributed by atoms with Crippen LogP contribution in [0.15, 0.2) is 36.4 Å². The Morgan fingerprint density at radius 3 is 2.42 bits per heavy atom. The standard InChI is InChI=1S/C13H9ClF2N2O/c14-10-4-2-8(16)6-12(10)18-13(19)9-3-1-7(15)5-11(9)17/h1-6H,17H2,(H,18,19). The van der Waals surface area contributed by atoms with Crippen molar-refractivity contribution in [3.05, 3.63) is 58.6 Å². The van der Waals surface area contributed by atoms with Gasteiger partial charge in [0.2, 0.25) is 0 Å². The van der Waals surface area contributed by atoms with Crippen LogP contribution in [0.5, 0.6) is 0 Å². The number of rotatable bonds is 2. The number of amides is 1. The molecule has 0 aliphatic heterocycles. The molecule has 0 spiro atoms. The van der Waals surface area contributed by atoms with Crippen LogP contribution in [-0.2, 0) is 0 Å². The number of anilines is 2. The molecule has 0 heterocycles. The van der Waals surface area contributed by atoms with Gasteiger partial charge in [-0.1, -0.05) is 11.6 Å². The Labute approximate surface area is 113 Å². The molecular formula is C13H9ClF2N2O. The maximum atomic E-state index is 13.0. The topological polar surface area (TPSA) is 55.1 Å². The van der Waals surface area contributed by atoms with Crippen molar-refractivity contribution < 1.29 is 13.6 Å². The van der Waals surface area contributed by atoms with Crippen LogP contribution in [0.2, 0.25) is 5.02 Å². The molecule has 0 saturated carbocycles. The number of nitrogens with two attached hydrogens (primary N) is 1. The highest BCUT2D eigenvalue weighted by Crippen LogP contribution is 2.24. The van der Waals surface area contributed by atoms with Gasteiger partial charge >= 0.3 is 0 Å². The SMILES string of the molecule is Nc1cc(F)ccc1C(=O)Nc1cc(F)ccc1Cl. The Morgan fingerprint density at radius 2 is 1.74 bits per heavy atom. The van der Waals surface area contributed by atoms with E-state index in [0.29, 0.717) is 0 Å². The number of hydrogen-bond acceptors (Lipinski definition) is 2. The first kappa shape index (κ1) is 13.3. The summed E-state index contributed by atoms with van der Waals surface area (Å²) in [5.41, 5.74) is 5.73. The second-order valence-electron chi connectivity index (χ2n) is 3.81. The van der Waals surface area contributed by atoms with Crippen LogP contribution in [0.25, 0.3) is 0 Å². The van der Waals surface area contributed by atoms with Gasteiger partial charge in [0.25, 0.3) is 5.91 Å². The zero-order valence-corrected chi connectivity index (χ0v) is 10.3. The van der Waals surface area contributed by atoms with E-state index in [1.54, 1.807) is 0 Å². The Bertz CT molecular complexity index is 647. The Morgan fingerprint density at radius 1 is 1.11 bits per heavy atom. The number of carbonyl (C=O) groups is 1. The molecule has 3 N–H and O–H groups in total. The minimum absolute atomic E-state index is 0.00924. The first-order chi connectivity index (χ1) is 8.97. The highest BCUT2D eigenvalue weighted by Gasteiger charge is 2.12. The van der Waals surface area contributed by atoms with Gasteiger partial charge in [0.1, 0.15) is 11.6 Å². The second kappa shape index (κ2) is 5.24. The maximum absolute atomic E-state index is 13.0. The molecule has 19 heavy (non-hydrogen) atoms. The van der Waals surface area contributed by atoms with Crippen molar-refractivity contribution in [1.82, 2.24) is 0 Å². The van der Waals surface area contributed by atoms with Gasteiger partial charge in [-0.25, -0.2) is 8.78 Å². The lowest BCUT2D eigenvalue weighted by Crippen LogP contribution is -2.14. The van der Waals surface area contributed by atoms with Gasteiger partial charge in [-0.2, -0.15) is 0 Å². The van der Waals surface area contributed by atoms with Crippen LogP contribution in [0.1, 0.15) is 10.4 Å². The van der Waals surface area contributed by atoms with E-state index < -0.39 is 17.5 Å². The summed E-state index contributed by atoms with van der Waals surface area (Å²) in [7, 11) is 0. The lowest BCUT2D eigenvalue weighted by Gasteiger charge is -2.09. The Balaban J connectivity index is 2.28. The number of nitrogen functional groups attached to an aromatic ring is 1. The van der Waals surface area contributed by atoms with Crippen molar-refractivity contribution >= 4 is 28.9 Å². The van der Waals surface area contributed by atoms with Gasteiger partial charge in [0.05, 0.1) is 16.3 Å². The summed E-state index contributed by atoms with van der Waals surface area (Å²) in [5.74, 6) is -1.67. The molecule has 98 valence electrons. The summed E-state index contributed by atoms with van der Waals surface area (Å²) in [6.45, 7) is 0. The van der Waals surface area contributed by atoms with Gasteiger partial charge in [0.15, 0.2) is 0 Å². The van der Waals surface area contributed by atoms with E-state index in [1.807, 2.05) is 0 Å². The maximum Gasteiger partial charge on any atom is 0.257 e. The fourth-order valence-electron chi connectivity index (χ4n) is 1.52. The molecule has 0 aliphatic rings. The number of nitrogens with one attached hydrogen (secondary N) is 1. The van der Waals surface area contributed by atoms with Crippen molar-refractivity contribution in [3.8, 4) is 0 Å². The van der Waals surface area contributed by atoms with E-state index >= 15 is 0 Å². The first-order valence-corrected chi connectivity index (χ1v) is 5.66. The van der Waals surface area contributed by atoms with Crippen molar-refractivity contribution in [2.75, 3.05) is 11.1 Å². The third kappa shape index (κ3) is 3.00. The molecule has 0 bridgehead atoms. The summed E-state index contributed by atoms with van der Waals surface area (Å²) in [4.78, 5) is 11.9. The molecule has 0 atom stereocenters. The molecule has 1 amide bonds. The first-order valence-electron chi connectivity index (χ1n) is 5.29. The molecule has 6 heteroatoms. The fourth-order valence-corrected chi connectivity index (χ4v) is 1.69. The molecule has 0 fully saturated rings. The predicted molar refractivity (Wildman–Crippen MR) is 70.2 cm³/mol. The second-order valence-corrected chi connectivity index (χ2v) is 4.22. The van der Waals surface area contributed by atoms with Gasteiger partial charge in [-0.15, -0.1) is 0 Å². The highest BCUT2D eigenvalue weighted by atomic mass is 35.5. The minimum Gasteiger partial charge on any atom is -0.398 e. The third-order valence-corrected chi connectivity index (χ3v) is 2.76. The van der Waals surface area contributed by atoms with Crippen molar-refractivity contribution in [2.24, 2.45) is 0 Å². The number of benzene rings is 2. The van der Waals surface area contributed by atoms with Crippen molar-refractivity contribution in [2.45, 2.75) is 0 Å². The zero-order chi connectivity index (χ0) is 14.0. The molecule has 3 nitrogen and oxygen atoms in total. The highest BCUT2D eigenvalue weighted by molar-refractivity contribution is 6.34. The van der Waals surface area contributed by atoms with Crippen LogP contribution in [0.3, 0.4) is 0 Å². The number of carbonyl (C=O) groups excluding carboxylic acids is 1. The molecule has 2 aromatic rings. The van der Waals surface area contributed by atoms with Gasteiger partial charge in [0, 0.05) is 5.69 Å². The van der Waals surface area contributed by atoms with E-state index in [9.17, 15) is 13.6 Å². The van der Waals surface area contributed by atoms with Crippen LogP contribution >= 0.6 is 11.6 Å². The van der Waals surface area contributed by atoms with Crippen LogP contribution < -0.4 is 11.1 Å². The van der Waals surface area contributed by atoms with Crippen LogP contribution in [0.4, 0.5) is 20.2 Å². The lowest BCUT2D eigenvalue weighted by atomic mass is 10.1. The third-order valence-electron chi connectivity index (χ3n) is 2.43. The van der Waals surface area contributed by atoms with Crippen LogP contribution in [-0.4, -0.2) is 5.91 Å². The van der Waals surface area contributed by atoms with Crippen molar-refractivity contribution in [1.29, 1.82) is 0 Å². The predicted octanol–water partition coefficient (Wildman–Crippen LogP) is 3.45. The fraction of sp³-hybridized carbons (Fsp3) is 0. The Kier molecular flexibility index (Phi) is 3.66. The minimum atomic E-state index is -0.593. The molecule has 0 aromatic heterocycles. The molecule has 0 saturated heterocycles. The summed E-state index contributed by atoms with van der Waals surface area (Å²) >= 11 is 5.82. The van der Waals surface area contributed by atoms with Crippen LogP contribution in [0, 0.1) is 11.6 Å². The van der Waals surface area contributed by atoms with E-state index in [0.717, 1.165) is 18.2 Å². The van der Waals surface area contributed by atoms with E-state index in [2.05, 4.69) is 5.32 Å². The normalized spacial score (nSPS) is 10.3. The van der Waals surface area contributed by atoms with Crippen molar-refractivity contribution in [3.63, 3.8) is 0 Å². The summed E-state index contributed by atoms with van der Waals surface area (Å²) < 4.78 is 25.9. The zero-order valence-electron chi connectivity index (χ0n) is 9.58. The number of halogens is 3. The molecule has 0 aliphatic carbocycles. The number of hydrogen-bond donors (Lipinski definition) is 2. The lowest BCUT2D eigenvalue weighted by molar-refractivity contribution is 0.102. The van der Waals surface area contributed by atoms with Gasteiger partial charge in [-0.05, 0) is 36.4 Å². The van der Waals surface area contributed by atoms with E-state index in [4.69, 9.17) is 17.3 Å². The molecular weight excluding hydrogens is 274 g/mol. The summed E-state index contributed by atoms with van der Waals surface area (Å²) in [5, 5.41) is 2.60. The van der Waals surface area contributed by atoms with E-state index in [-0.39, 0.29) is 22.0 Å². The molecule has 0 radical (unpaired) electrons. The molecule has 2 rings (SSSR count). The average molecular weight is 283 g/mol. The monoisotopic (exact) mass is 282 g/mol. The Hall–Kier alpha value is -2.14. The molecule has 0 unspecified atom stereocenters. The summed E-state index contributed by atoms with van der Waals surface area (Å²) in [6.07, 6.45) is 0.